The van der Waals surface area contributed by atoms with E-state index in [1.807, 2.05) is 18.7 Å². The van der Waals surface area contributed by atoms with Crippen LogP contribution in [0.15, 0.2) is 0 Å². The van der Waals surface area contributed by atoms with Crippen molar-refractivity contribution in [3.63, 3.8) is 0 Å². The molecular formula is C12H23NO3. The predicted octanol–water partition coefficient (Wildman–Crippen LogP) is 1.79. The van der Waals surface area contributed by atoms with E-state index < -0.39 is 6.10 Å². The van der Waals surface area contributed by atoms with Gasteiger partial charge in [0.15, 0.2) is 6.29 Å². The Hall–Kier alpha value is -0.610. The summed E-state index contributed by atoms with van der Waals surface area (Å²) >= 11 is 0. The molecule has 4 heteroatoms. The van der Waals surface area contributed by atoms with Gasteiger partial charge in [-0.3, -0.25) is 4.79 Å². The van der Waals surface area contributed by atoms with Gasteiger partial charge in [0.25, 0.3) is 5.91 Å². The first-order valence-corrected chi connectivity index (χ1v) is 6.21. The Labute approximate surface area is 97.9 Å². The van der Waals surface area contributed by atoms with E-state index in [0.29, 0.717) is 6.61 Å². The number of carbonyl (C=O) groups excluding carboxylic acids is 1. The summed E-state index contributed by atoms with van der Waals surface area (Å²) in [6.45, 7) is 7.88. The van der Waals surface area contributed by atoms with Crippen LogP contribution in [0.2, 0.25) is 0 Å². The minimum atomic E-state index is -0.403. The lowest BCUT2D eigenvalue weighted by atomic mass is 10.1. The highest BCUT2D eigenvalue weighted by molar-refractivity contribution is 5.80. The van der Waals surface area contributed by atoms with Gasteiger partial charge >= 0.3 is 0 Å². The van der Waals surface area contributed by atoms with E-state index in [9.17, 15) is 4.79 Å². The molecule has 1 amide bonds. The number of rotatable bonds is 5. The molecule has 16 heavy (non-hydrogen) atoms. The van der Waals surface area contributed by atoms with Crippen LogP contribution < -0.4 is 0 Å². The van der Waals surface area contributed by atoms with Crippen LogP contribution in [0, 0.1) is 0 Å². The Morgan fingerprint density at radius 2 is 1.88 bits per heavy atom. The Morgan fingerprint density at radius 3 is 2.44 bits per heavy atom. The van der Waals surface area contributed by atoms with Crippen molar-refractivity contribution in [3.05, 3.63) is 0 Å². The fourth-order valence-corrected chi connectivity index (χ4v) is 1.99. The monoisotopic (exact) mass is 229 g/mol. The number of nitrogens with zero attached hydrogens (tertiary/aromatic N) is 1. The minimum absolute atomic E-state index is 0.0891. The molecule has 1 rings (SSSR count). The van der Waals surface area contributed by atoms with E-state index in [1.165, 1.54) is 6.42 Å². The summed E-state index contributed by atoms with van der Waals surface area (Å²) in [5.41, 5.74) is 0. The molecule has 0 aromatic carbocycles. The summed E-state index contributed by atoms with van der Waals surface area (Å²) in [6, 6.07) is 0. The second-order valence-electron chi connectivity index (χ2n) is 4.19. The number of amides is 1. The van der Waals surface area contributed by atoms with Crippen molar-refractivity contribution in [3.8, 4) is 0 Å². The summed E-state index contributed by atoms with van der Waals surface area (Å²) in [5, 5.41) is 0. The first-order chi connectivity index (χ1) is 7.65. The lowest BCUT2D eigenvalue weighted by Gasteiger charge is -2.30. The molecule has 94 valence electrons. The normalized spacial score (nSPS) is 20.6. The van der Waals surface area contributed by atoms with Crippen LogP contribution in [0.5, 0.6) is 0 Å². The summed E-state index contributed by atoms with van der Waals surface area (Å²) in [5.74, 6) is 0.0891. The van der Waals surface area contributed by atoms with Gasteiger partial charge in [0, 0.05) is 19.7 Å². The van der Waals surface area contributed by atoms with Gasteiger partial charge in [0.05, 0.1) is 0 Å². The highest BCUT2D eigenvalue weighted by Crippen LogP contribution is 2.12. The highest BCUT2D eigenvalue weighted by Gasteiger charge is 2.23. The highest BCUT2D eigenvalue weighted by atomic mass is 16.7. The van der Waals surface area contributed by atoms with Crippen molar-refractivity contribution in [1.29, 1.82) is 0 Å². The van der Waals surface area contributed by atoms with Crippen LogP contribution in [0.25, 0.3) is 0 Å². The number of carbonyl (C=O) groups is 1. The van der Waals surface area contributed by atoms with Crippen molar-refractivity contribution in [2.45, 2.75) is 52.4 Å². The van der Waals surface area contributed by atoms with Gasteiger partial charge in [0.2, 0.25) is 0 Å². The van der Waals surface area contributed by atoms with Gasteiger partial charge in [0.1, 0.15) is 6.10 Å². The maximum Gasteiger partial charge on any atom is 0.251 e. The van der Waals surface area contributed by atoms with Crippen molar-refractivity contribution in [2.24, 2.45) is 0 Å². The first kappa shape index (κ1) is 13.5. The average Bonchev–Trinajstić information content (AvgIpc) is 2.29. The van der Waals surface area contributed by atoms with Crippen LogP contribution >= 0.6 is 0 Å². The van der Waals surface area contributed by atoms with Gasteiger partial charge < -0.3 is 14.4 Å². The van der Waals surface area contributed by atoms with Gasteiger partial charge in [-0.05, 0) is 40.0 Å². The van der Waals surface area contributed by atoms with E-state index in [0.717, 1.165) is 25.9 Å². The van der Waals surface area contributed by atoms with Crippen LogP contribution in [-0.2, 0) is 14.3 Å². The third kappa shape index (κ3) is 4.10. The van der Waals surface area contributed by atoms with Gasteiger partial charge in [-0.25, -0.2) is 0 Å². The molecule has 1 heterocycles. The molecule has 4 nitrogen and oxygen atoms in total. The van der Waals surface area contributed by atoms with Crippen molar-refractivity contribution in [1.82, 2.24) is 4.90 Å². The summed E-state index contributed by atoms with van der Waals surface area (Å²) < 4.78 is 10.7. The zero-order valence-electron chi connectivity index (χ0n) is 10.6. The predicted molar refractivity (Wildman–Crippen MR) is 62.1 cm³/mol. The number of piperidine rings is 1. The second kappa shape index (κ2) is 6.86. The van der Waals surface area contributed by atoms with Gasteiger partial charge in [-0.2, -0.15) is 0 Å². The molecule has 1 aliphatic heterocycles. The van der Waals surface area contributed by atoms with E-state index in [1.54, 1.807) is 6.92 Å². The molecule has 1 unspecified atom stereocenters. The Morgan fingerprint density at radius 1 is 1.25 bits per heavy atom. The molecule has 0 bridgehead atoms. The van der Waals surface area contributed by atoms with Crippen molar-refractivity contribution >= 4 is 5.91 Å². The Kier molecular flexibility index (Phi) is 5.77. The molecule has 0 aromatic heterocycles. The molecule has 0 radical (unpaired) electrons. The smallest absolute Gasteiger partial charge is 0.251 e. The topological polar surface area (TPSA) is 38.8 Å². The molecule has 1 aliphatic rings. The maximum atomic E-state index is 12.0. The molecule has 0 spiro atoms. The molecule has 0 saturated carbocycles. The van der Waals surface area contributed by atoms with E-state index >= 15 is 0 Å². The second-order valence-corrected chi connectivity index (χ2v) is 4.19. The lowest BCUT2D eigenvalue weighted by Crippen LogP contribution is -2.43. The first-order valence-electron chi connectivity index (χ1n) is 6.21. The lowest BCUT2D eigenvalue weighted by molar-refractivity contribution is -0.175. The molecule has 0 aromatic rings. The number of hydrogen-bond acceptors (Lipinski definition) is 3. The molecule has 1 fully saturated rings. The average molecular weight is 229 g/mol. The molecule has 2 atom stereocenters. The minimum Gasteiger partial charge on any atom is -0.353 e. The quantitative estimate of drug-likeness (QED) is 0.675. The fourth-order valence-electron chi connectivity index (χ4n) is 1.99. The largest absolute Gasteiger partial charge is 0.353 e. The standard InChI is InChI=1S/C12H23NO3/c1-4-15-11(3)16-10(2)12(14)13-8-6-5-7-9-13/h10-11H,4-9H2,1-3H3/t10-,11?/m0/s1. The van der Waals surface area contributed by atoms with Crippen LogP contribution in [0.4, 0.5) is 0 Å². The van der Waals surface area contributed by atoms with Gasteiger partial charge in [-0.15, -0.1) is 0 Å². The molecule has 0 aliphatic carbocycles. The molecular weight excluding hydrogens is 206 g/mol. The Bertz CT molecular complexity index is 214. The Balaban J connectivity index is 2.34. The maximum absolute atomic E-state index is 12.0. The van der Waals surface area contributed by atoms with E-state index in [-0.39, 0.29) is 12.2 Å². The summed E-state index contributed by atoms with van der Waals surface area (Å²) in [4.78, 5) is 13.9. The van der Waals surface area contributed by atoms with E-state index in [4.69, 9.17) is 9.47 Å². The SMILES string of the molecule is CCOC(C)O[C@@H](C)C(=O)N1CCCCC1. The third-order valence-electron chi connectivity index (χ3n) is 2.81. The van der Waals surface area contributed by atoms with Crippen molar-refractivity contribution < 1.29 is 14.3 Å². The van der Waals surface area contributed by atoms with E-state index in [2.05, 4.69) is 0 Å². The zero-order valence-corrected chi connectivity index (χ0v) is 10.6. The number of hydrogen-bond donors (Lipinski definition) is 0. The van der Waals surface area contributed by atoms with Crippen LogP contribution in [0.3, 0.4) is 0 Å². The van der Waals surface area contributed by atoms with Crippen LogP contribution in [0.1, 0.15) is 40.0 Å². The zero-order chi connectivity index (χ0) is 12.0. The number of ether oxygens (including phenoxy) is 2. The van der Waals surface area contributed by atoms with Crippen molar-refractivity contribution in [2.75, 3.05) is 19.7 Å². The third-order valence-corrected chi connectivity index (χ3v) is 2.81. The van der Waals surface area contributed by atoms with Crippen LogP contribution in [-0.4, -0.2) is 42.9 Å². The number of likely N-dealkylation sites (tertiary alicyclic amines) is 1. The van der Waals surface area contributed by atoms with Gasteiger partial charge in [-0.1, -0.05) is 0 Å². The fraction of sp³-hybridized carbons (Fsp3) is 0.917. The molecule has 0 N–H and O–H groups in total. The summed E-state index contributed by atoms with van der Waals surface area (Å²) in [7, 11) is 0. The molecule has 1 saturated heterocycles. The summed E-state index contributed by atoms with van der Waals surface area (Å²) in [6.07, 6.45) is 2.74.